The molecule has 8 heteroatoms. The van der Waals surface area contributed by atoms with Crippen molar-refractivity contribution in [2.75, 3.05) is 32.1 Å². The number of carbonyl (C=O) groups is 1. The molecule has 0 bridgehead atoms. The Morgan fingerprint density at radius 3 is 2.76 bits per heavy atom. The van der Waals surface area contributed by atoms with Crippen LogP contribution in [0.5, 0.6) is 0 Å². The van der Waals surface area contributed by atoms with Crippen molar-refractivity contribution in [3.05, 3.63) is 46.6 Å². The lowest BCUT2D eigenvalue weighted by Gasteiger charge is -2.19. The van der Waals surface area contributed by atoms with E-state index in [0.717, 1.165) is 13.0 Å². The van der Waals surface area contributed by atoms with Crippen LogP contribution in [0, 0.1) is 5.82 Å². The largest absolute Gasteiger partial charge is 0.444 e. The van der Waals surface area contributed by atoms with E-state index in [1.807, 2.05) is 14.1 Å². The second-order valence-corrected chi connectivity index (χ2v) is 7.62. The Bertz CT molecular complexity index is 893. The van der Waals surface area contributed by atoms with Gasteiger partial charge in [0.2, 0.25) is 0 Å². The van der Waals surface area contributed by atoms with Crippen LogP contribution in [0.15, 0.2) is 39.4 Å². The maximum Gasteiger partial charge on any atom is 0.295 e. The van der Waals surface area contributed by atoms with Crippen LogP contribution in [0.25, 0.3) is 10.2 Å². The van der Waals surface area contributed by atoms with Gasteiger partial charge in [-0.3, -0.25) is 9.69 Å². The summed E-state index contributed by atoms with van der Waals surface area (Å²) in [7, 11) is 3.96. The maximum atomic E-state index is 13.4. The number of hydrogen-bond donors (Lipinski definition) is 0. The highest BCUT2D eigenvalue weighted by atomic mass is 79.9. The third-order valence-electron chi connectivity index (χ3n) is 3.59. The summed E-state index contributed by atoms with van der Waals surface area (Å²) in [6.45, 7) is 1.34. The molecule has 0 saturated heterocycles. The summed E-state index contributed by atoms with van der Waals surface area (Å²) >= 11 is 4.51. The highest BCUT2D eigenvalue weighted by molar-refractivity contribution is 9.10. The summed E-state index contributed by atoms with van der Waals surface area (Å²) in [6, 6.07) is 7.73. The molecule has 0 aliphatic rings. The van der Waals surface area contributed by atoms with Crippen molar-refractivity contribution in [3.8, 4) is 0 Å². The van der Waals surface area contributed by atoms with Crippen LogP contribution in [-0.4, -0.2) is 43.0 Å². The van der Waals surface area contributed by atoms with Gasteiger partial charge < -0.3 is 9.32 Å². The van der Waals surface area contributed by atoms with Crippen molar-refractivity contribution < 1.29 is 13.6 Å². The molecule has 0 N–H and O–H groups in total. The zero-order valence-corrected chi connectivity index (χ0v) is 16.2. The summed E-state index contributed by atoms with van der Waals surface area (Å²) in [5.74, 6) is -0.339. The molecular formula is C17H17BrFN3O2S. The average Bonchev–Trinajstić information content (AvgIpc) is 3.16. The number of furan rings is 1. The molecule has 0 atom stereocenters. The molecule has 25 heavy (non-hydrogen) atoms. The third kappa shape index (κ3) is 4.26. The van der Waals surface area contributed by atoms with Crippen LogP contribution in [0.2, 0.25) is 0 Å². The van der Waals surface area contributed by atoms with E-state index in [0.29, 0.717) is 26.6 Å². The molecule has 0 spiro atoms. The van der Waals surface area contributed by atoms with Gasteiger partial charge in [-0.25, -0.2) is 9.37 Å². The van der Waals surface area contributed by atoms with E-state index in [4.69, 9.17) is 4.42 Å². The van der Waals surface area contributed by atoms with Gasteiger partial charge in [0.25, 0.3) is 5.91 Å². The number of thiazole rings is 1. The second kappa shape index (κ2) is 7.63. The molecule has 2 aromatic heterocycles. The van der Waals surface area contributed by atoms with Crippen LogP contribution >= 0.6 is 27.3 Å². The van der Waals surface area contributed by atoms with Gasteiger partial charge in [0, 0.05) is 6.54 Å². The van der Waals surface area contributed by atoms with E-state index in [2.05, 4.69) is 25.8 Å². The topological polar surface area (TPSA) is 49.6 Å². The number of amides is 1. The van der Waals surface area contributed by atoms with Gasteiger partial charge in [0.15, 0.2) is 15.6 Å². The molecule has 3 aromatic rings. The van der Waals surface area contributed by atoms with E-state index in [-0.39, 0.29) is 17.5 Å². The average molecular weight is 426 g/mol. The fraction of sp³-hybridized carbons (Fsp3) is 0.294. The molecule has 0 radical (unpaired) electrons. The molecule has 0 aliphatic carbocycles. The Morgan fingerprint density at radius 2 is 2.08 bits per heavy atom. The van der Waals surface area contributed by atoms with Gasteiger partial charge in [-0.1, -0.05) is 11.3 Å². The number of fused-ring (bicyclic) bond motifs is 1. The predicted molar refractivity (Wildman–Crippen MR) is 101 cm³/mol. The normalized spacial score (nSPS) is 11.4. The molecule has 0 fully saturated rings. The number of nitrogens with zero attached hydrogens (tertiary/aromatic N) is 3. The minimum absolute atomic E-state index is 0.238. The van der Waals surface area contributed by atoms with E-state index < -0.39 is 0 Å². The monoisotopic (exact) mass is 425 g/mol. The standard InChI is InChI=1S/C17H17BrFN3O2S/c1-21(2)8-3-9-22(16(23)13-6-7-15(18)24-13)17-20-12-5-4-11(19)10-14(12)25-17/h4-7,10H,3,8-9H2,1-2H3. The molecule has 1 aromatic carbocycles. The molecule has 5 nitrogen and oxygen atoms in total. The minimum Gasteiger partial charge on any atom is -0.444 e. The van der Waals surface area contributed by atoms with Crippen molar-refractivity contribution in [1.82, 2.24) is 9.88 Å². The zero-order chi connectivity index (χ0) is 18.0. The second-order valence-electron chi connectivity index (χ2n) is 5.83. The fourth-order valence-electron chi connectivity index (χ4n) is 2.39. The molecular weight excluding hydrogens is 409 g/mol. The Balaban J connectivity index is 1.92. The first kappa shape index (κ1) is 18.0. The van der Waals surface area contributed by atoms with Gasteiger partial charge in [-0.15, -0.1) is 0 Å². The van der Waals surface area contributed by atoms with Crippen molar-refractivity contribution in [2.45, 2.75) is 6.42 Å². The van der Waals surface area contributed by atoms with Crippen LogP contribution in [0.4, 0.5) is 9.52 Å². The SMILES string of the molecule is CN(C)CCCN(C(=O)c1ccc(Br)o1)c1nc2ccc(F)cc2s1. The Hall–Kier alpha value is -1.77. The molecule has 0 saturated carbocycles. The van der Waals surface area contributed by atoms with Gasteiger partial charge in [-0.05, 0) is 73.3 Å². The molecule has 0 aliphatic heterocycles. The Labute approximate surface area is 157 Å². The highest BCUT2D eigenvalue weighted by Crippen LogP contribution is 2.31. The maximum absolute atomic E-state index is 13.4. The number of hydrogen-bond acceptors (Lipinski definition) is 5. The zero-order valence-electron chi connectivity index (χ0n) is 13.8. The number of carbonyl (C=O) groups excluding carboxylic acids is 1. The minimum atomic E-state index is -0.317. The van der Waals surface area contributed by atoms with Crippen molar-refractivity contribution >= 4 is 48.5 Å². The van der Waals surface area contributed by atoms with E-state index in [9.17, 15) is 9.18 Å². The first-order valence-corrected chi connectivity index (χ1v) is 9.33. The fourth-order valence-corrected chi connectivity index (χ4v) is 3.71. The molecule has 132 valence electrons. The number of anilines is 1. The summed E-state index contributed by atoms with van der Waals surface area (Å²) in [5, 5.41) is 0.539. The van der Waals surface area contributed by atoms with Crippen molar-refractivity contribution in [2.24, 2.45) is 0 Å². The Kier molecular flexibility index (Phi) is 5.51. The lowest BCUT2D eigenvalue weighted by atomic mass is 10.3. The number of rotatable bonds is 6. The van der Waals surface area contributed by atoms with Crippen LogP contribution in [0.3, 0.4) is 0 Å². The van der Waals surface area contributed by atoms with E-state index in [1.54, 1.807) is 23.1 Å². The smallest absolute Gasteiger partial charge is 0.295 e. The van der Waals surface area contributed by atoms with Gasteiger partial charge in [-0.2, -0.15) is 0 Å². The van der Waals surface area contributed by atoms with Gasteiger partial charge >= 0.3 is 0 Å². The third-order valence-corrected chi connectivity index (χ3v) is 5.05. The Morgan fingerprint density at radius 1 is 1.28 bits per heavy atom. The summed E-state index contributed by atoms with van der Waals surface area (Å²) in [5.41, 5.74) is 0.674. The van der Waals surface area contributed by atoms with E-state index in [1.165, 1.54) is 23.5 Å². The van der Waals surface area contributed by atoms with Gasteiger partial charge in [0.1, 0.15) is 5.82 Å². The summed E-state index contributed by atoms with van der Waals surface area (Å²) in [4.78, 5) is 21.0. The summed E-state index contributed by atoms with van der Waals surface area (Å²) < 4.78 is 20.0. The molecule has 3 rings (SSSR count). The highest BCUT2D eigenvalue weighted by Gasteiger charge is 2.23. The first-order valence-electron chi connectivity index (χ1n) is 7.72. The molecule has 0 unspecified atom stereocenters. The van der Waals surface area contributed by atoms with Crippen LogP contribution < -0.4 is 4.90 Å². The lowest BCUT2D eigenvalue weighted by molar-refractivity contribution is 0.0958. The predicted octanol–water partition coefficient (Wildman–Crippen LogP) is 4.39. The van der Waals surface area contributed by atoms with Gasteiger partial charge in [0.05, 0.1) is 10.2 Å². The van der Waals surface area contributed by atoms with Crippen molar-refractivity contribution in [1.29, 1.82) is 0 Å². The number of aromatic nitrogens is 1. The first-order chi connectivity index (χ1) is 11.9. The van der Waals surface area contributed by atoms with Crippen LogP contribution in [-0.2, 0) is 0 Å². The quantitative estimate of drug-likeness (QED) is 0.587. The summed E-state index contributed by atoms with van der Waals surface area (Å²) in [6.07, 6.45) is 0.783. The number of benzene rings is 1. The lowest BCUT2D eigenvalue weighted by Crippen LogP contribution is -2.33. The molecule has 1 amide bonds. The van der Waals surface area contributed by atoms with E-state index >= 15 is 0 Å². The number of halogens is 2. The van der Waals surface area contributed by atoms with Crippen molar-refractivity contribution in [3.63, 3.8) is 0 Å². The molecule has 2 heterocycles. The van der Waals surface area contributed by atoms with Crippen LogP contribution in [0.1, 0.15) is 17.0 Å².